The third-order valence-electron chi connectivity index (χ3n) is 6.33. The number of nitrogens with zero attached hydrogens (tertiary/aromatic N) is 4. The lowest BCUT2D eigenvalue weighted by molar-refractivity contribution is -0.271. The number of rotatable bonds is 11. The average molecular weight is 566 g/mol. The van der Waals surface area contributed by atoms with Crippen LogP contribution >= 0.6 is 0 Å². The van der Waals surface area contributed by atoms with Crippen molar-refractivity contribution in [3.8, 4) is 0 Å². The van der Waals surface area contributed by atoms with E-state index >= 15 is 0 Å². The monoisotopic (exact) mass is 565 g/mol. The Hall–Kier alpha value is -4.25. The largest absolute Gasteiger partial charge is 0.463 e. The van der Waals surface area contributed by atoms with Gasteiger partial charge in [-0.1, -0.05) is 54.5 Å². The molecule has 0 bridgehead atoms. The normalized spacial score (nSPS) is 22.4. The first-order chi connectivity index (χ1) is 19.6. The molecule has 0 aromatic heterocycles. The fourth-order valence-electron chi connectivity index (χ4n) is 4.57. The van der Waals surface area contributed by atoms with Crippen LogP contribution in [0.1, 0.15) is 51.8 Å². The molecule has 1 N–H and O–H groups in total. The van der Waals surface area contributed by atoms with Gasteiger partial charge in [0.2, 0.25) is 5.91 Å². The fraction of sp³-hybridized carbons (Fsp3) is 0.448. The topological polar surface area (TPSA) is 161 Å². The maximum absolute atomic E-state index is 12.7. The molecule has 1 amide bonds. The molecule has 1 saturated heterocycles. The molecule has 12 nitrogen and oxygen atoms in total. The molecule has 1 fully saturated rings. The van der Waals surface area contributed by atoms with Crippen molar-refractivity contribution in [2.75, 3.05) is 13.2 Å². The Morgan fingerprint density at radius 3 is 2.24 bits per heavy atom. The molecule has 3 rings (SSSR count). The molecule has 2 aromatic carbocycles. The van der Waals surface area contributed by atoms with Crippen molar-refractivity contribution < 1.29 is 33.3 Å². The zero-order chi connectivity index (χ0) is 29.9. The highest BCUT2D eigenvalue weighted by Crippen LogP contribution is 2.35. The minimum absolute atomic E-state index is 0.198. The fourth-order valence-corrected chi connectivity index (χ4v) is 4.57. The number of amides is 1. The van der Waals surface area contributed by atoms with Gasteiger partial charge in [-0.15, -0.1) is 0 Å². The van der Waals surface area contributed by atoms with Crippen LogP contribution in [0, 0.1) is 5.92 Å². The number of esters is 2. The predicted octanol–water partition coefficient (Wildman–Crippen LogP) is 4.56. The van der Waals surface area contributed by atoms with Gasteiger partial charge in [-0.3, -0.25) is 19.4 Å². The van der Waals surface area contributed by atoms with Gasteiger partial charge in [0, 0.05) is 30.4 Å². The van der Waals surface area contributed by atoms with E-state index in [0.29, 0.717) is 0 Å². The van der Waals surface area contributed by atoms with Crippen LogP contribution in [0.2, 0.25) is 0 Å². The summed E-state index contributed by atoms with van der Waals surface area (Å²) in [6.45, 7) is 7.47. The summed E-state index contributed by atoms with van der Waals surface area (Å²) < 4.78 is 23.6. The molecule has 41 heavy (non-hydrogen) atoms. The molecular weight excluding hydrogens is 530 g/mol. The summed E-state index contributed by atoms with van der Waals surface area (Å²) in [5, 5.41) is 6.15. The summed E-state index contributed by atoms with van der Waals surface area (Å²) in [7, 11) is 0. The second-order valence-electron chi connectivity index (χ2n) is 9.84. The van der Waals surface area contributed by atoms with Crippen LogP contribution in [0.4, 0.5) is 5.69 Å². The average Bonchev–Trinajstić information content (AvgIpc) is 2.93. The van der Waals surface area contributed by atoms with Crippen LogP contribution in [-0.4, -0.2) is 61.2 Å². The van der Waals surface area contributed by atoms with E-state index in [1.165, 1.54) is 13.8 Å². The summed E-state index contributed by atoms with van der Waals surface area (Å²) in [5.74, 6) is -2.21. The first-order valence-corrected chi connectivity index (χ1v) is 13.2. The molecule has 1 aliphatic heterocycles. The molecule has 0 saturated carbocycles. The van der Waals surface area contributed by atoms with Gasteiger partial charge in [-0.25, -0.2) is 0 Å². The number of nitrogens with one attached hydrogen (secondary N) is 1. The molecule has 0 aliphatic carbocycles. The van der Waals surface area contributed by atoms with E-state index in [0.717, 1.165) is 22.5 Å². The summed E-state index contributed by atoms with van der Waals surface area (Å²) in [6.07, 6.45) is -3.46. The van der Waals surface area contributed by atoms with E-state index in [1.807, 2.05) is 68.4 Å². The number of hydrogen-bond donors (Lipinski definition) is 1. The van der Waals surface area contributed by atoms with Crippen LogP contribution in [0.3, 0.4) is 0 Å². The maximum Gasteiger partial charge on any atom is 0.303 e. The number of aliphatic imine (C=N–C) groups is 1. The molecule has 218 valence electrons. The van der Waals surface area contributed by atoms with Crippen LogP contribution < -0.4 is 5.32 Å². The van der Waals surface area contributed by atoms with E-state index in [4.69, 9.17) is 24.5 Å². The van der Waals surface area contributed by atoms with Gasteiger partial charge in [0.1, 0.15) is 31.5 Å². The number of ether oxygens (including phenoxy) is 4. The van der Waals surface area contributed by atoms with Crippen molar-refractivity contribution in [1.82, 2.24) is 5.32 Å². The first-order valence-electron chi connectivity index (χ1n) is 13.2. The standard InChI is InChI=1S/C29H35N5O7/c1-17(2)32-23-13-11-22(12-14-23)28(21-9-7-6-8-10-21)41-29-26(33-25(37)15-31-34-30)18(3)27(39-20(5)36)24(40-29)16-38-19(4)35/h6-14,18,24,26-29H,15-16H2,1-5H3,(H,33,37). The second kappa shape index (κ2) is 14.9. The lowest BCUT2D eigenvalue weighted by Crippen LogP contribution is -2.62. The van der Waals surface area contributed by atoms with E-state index in [-0.39, 0.29) is 6.61 Å². The molecular formula is C29H35N5O7. The Balaban J connectivity index is 2.02. The number of carbonyl (C=O) groups excluding carboxylic acids is 3. The lowest BCUT2D eigenvalue weighted by atomic mass is 9.88. The summed E-state index contributed by atoms with van der Waals surface area (Å²) in [6, 6.07) is 16.2. The number of hydrogen-bond acceptors (Lipinski definition) is 9. The number of benzene rings is 2. The minimum atomic E-state index is -1.08. The van der Waals surface area contributed by atoms with Crippen molar-refractivity contribution in [1.29, 1.82) is 0 Å². The van der Waals surface area contributed by atoms with Gasteiger partial charge < -0.3 is 24.3 Å². The van der Waals surface area contributed by atoms with Crippen LogP contribution in [0.15, 0.2) is 64.7 Å². The molecule has 2 aromatic rings. The van der Waals surface area contributed by atoms with Crippen LogP contribution in [-0.2, 0) is 33.3 Å². The Bertz CT molecular complexity index is 1270. The quantitative estimate of drug-likeness (QED) is 0.137. The van der Waals surface area contributed by atoms with Gasteiger partial charge in [0.25, 0.3) is 0 Å². The van der Waals surface area contributed by atoms with E-state index in [2.05, 4.69) is 20.3 Å². The van der Waals surface area contributed by atoms with Gasteiger partial charge >= 0.3 is 11.9 Å². The van der Waals surface area contributed by atoms with Crippen LogP contribution in [0.5, 0.6) is 0 Å². The predicted molar refractivity (Wildman–Crippen MR) is 150 cm³/mol. The molecule has 0 radical (unpaired) electrons. The number of carbonyl (C=O) groups is 3. The summed E-state index contributed by atoms with van der Waals surface area (Å²) in [4.78, 5) is 43.4. The highest BCUT2D eigenvalue weighted by atomic mass is 16.7. The second-order valence-corrected chi connectivity index (χ2v) is 9.84. The summed E-state index contributed by atoms with van der Waals surface area (Å²) in [5.41, 5.74) is 12.0. The molecule has 1 aliphatic rings. The highest BCUT2D eigenvalue weighted by molar-refractivity contribution is 5.82. The molecule has 6 atom stereocenters. The zero-order valence-electron chi connectivity index (χ0n) is 23.7. The Kier molecular flexibility index (Phi) is 11.4. The Morgan fingerprint density at radius 2 is 1.66 bits per heavy atom. The van der Waals surface area contributed by atoms with Crippen molar-refractivity contribution >= 4 is 29.2 Å². The molecule has 6 unspecified atom stereocenters. The highest BCUT2D eigenvalue weighted by Gasteiger charge is 2.48. The van der Waals surface area contributed by atoms with Crippen molar-refractivity contribution in [2.45, 2.75) is 65.3 Å². The van der Waals surface area contributed by atoms with Gasteiger partial charge in [0.15, 0.2) is 6.29 Å². The van der Waals surface area contributed by atoms with Crippen molar-refractivity contribution in [3.05, 3.63) is 76.2 Å². The van der Waals surface area contributed by atoms with Gasteiger partial charge in [-0.2, -0.15) is 0 Å². The first kappa shape index (κ1) is 31.3. The number of azide groups is 1. The minimum Gasteiger partial charge on any atom is -0.463 e. The lowest BCUT2D eigenvalue weighted by Gasteiger charge is -2.45. The Labute approximate surface area is 238 Å². The third-order valence-corrected chi connectivity index (χ3v) is 6.33. The van der Waals surface area contributed by atoms with Crippen molar-refractivity contribution in [3.63, 3.8) is 0 Å². The smallest absolute Gasteiger partial charge is 0.303 e. The molecule has 12 heteroatoms. The molecule has 0 spiro atoms. The SMILES string of the molecule is CC(=O)OCC1OC(OC(c2ccccc2)c2ccc(N=C(C)C)cc2)C(NC(=O)CN=[N+]=[N-])C(C)C1OC(C)=O. The Morgan fingerprint density at radius 1 is 1.00 bits per heavy atom. The third kappa shape index (κ3) is 9.14. The zero-order valence-corrected chi connectivity index (χ0v) is 23.7. The van der Waals surface area contributed by atoms with E-state index in [9.17, 15) is 14.4 Å². The van der Waals surface area contributed by atoms with E-state index in [1.54, 1.807) is 6.92 Å². The van der Waals surface area contributed by atoms with Gasteiger partial charge in [-0.05, 0) is 42.6 Å². The van der Waals surface area contributed by atoms with E-state index < -0.39 is 61.0 Å². The molecule has 1 heterocycles. The van der Waals surface area contributed by atoms with Gasteiger partial charge in [0.05, 0.1) is 11.7 Å². The van der Waals surface area contributed by atoms with Crippen LogP contribution in [0.25, 0.3) is 10.4 Å². The van der Waals surface area contributed by atoms with Crippen molar-refractivity contribution in [2.24, 2.45) is 16.0 Å². The summed E-state index contributed by atoms with van der Waals surface area (Å²) >= 11 is 0. The maximum atomic E-state index is 12.7.